The van der Waals surface area contributed by atoms with Gasteiger partial charge >= 0.3 is 0 Å². The number of para-hydroxylation sites is 2. The molecule has 2 aromatic rings. The highest BCUT2D eigenvalue weighted by Gasteiger charge is 2.34. The summed E-state index contributed by atoms with van der Waals surface area (Å²) in [5.74, 6) is 1.60. The monoisotopic (exact) mass is 357 g/mol. The van der Waals surface area contributed by atoms with Crippen LogP contribution in [0.4, 0.5) is 5.69 Å². The minimum Gasteiger partial charge on any atom is -0.490 e. The Labute approximate surface area is 152 Å². The van der Waals surface area contributed by atoms with E-state index in [1.54, 1.807) is 4.90 Å². The van der Waals surface area contributed by atoms with Crippen LogP contribution in [0.3, 0.4) is 0 Å². The van der Waals surface area contributed by atoms with Gasteiger partial charge in [0.25, 0.3) is 0 Å². The van der Waals surface area contributed by atoms with Gasteiger partial charge in [0.2, 0.25) is 5.91 Å². The summed E-state index contributed by atoms with van der Waals surface area (Å²) in [4.78, 5) is 16.6. The van der Waals surface area contributed by atoms with E-state index >= 15 is 0 Å². The lowest BCUT2D eigenvalue weighted by Gasteiger charge is -2.30. The summed E-state index contributed by atoms with van der Waals surface area (Å²) in [7, 11) is 0. The zero-order chi connectivity index (χ0) is 18.1. The molecule has 0 unspecified atom stereocenters. The Morgan fingerprint density at radius 1 is 1.35 bits per heavy atom. The molecule has 0 radical (unpaired) electrons. The fourth-order valence-electron chi connectivity index (χ4n) is 3.75. The molecule has 7 heteroatoms. The number of nitrogens with zero attached hydrogens (tertiary/aromatic N) is 3. The van der Waals surface area contributed by atoms with E-state index in [2.05, 4.69) is 5.16 Å². The Balaban J connectivity index is 1.38. The molecule has 1 fully saturated rings. The lowest BCUT2D eigenvalue weighted by atomic mass is 10.0. The van der Waals surface area contributed by atoms with Crippen molar-refractivity contribution in [3.63, 3.8) is 0 Å². The van der Waals surface area contributed by atoms with Gasteiger partial charge in [-0.2, -0.15) is 0 Å². The first-order valence-electron chi connectivity index (χ1n) is 8.95. The fourth-order valence-corrected chi connectivity index (χ4v) is 3.75. The number of anilines is 1. The van der Waals surface area contributed by atoms with Gasteiger partial charge in [-0.3, -0.25) is 9.69 Å². The van der Waals surface area contributed by atoms with Crippen molar-refractivity contribution in [2.24, 2.45) is 5.92 Å². The highest BCUT2D eigenvalue weighted by molar-refractivity contribution is 5.96. The van der Waals surface area contributed by atoms with Crippen LogP contribution in [0.15, 0.2) is 34.9 Å². The lowest BCUT2D eigenvalue weighted by Crippen LogP contribution is -2.43. The molecule has 1 N–H and O–H groups in total. The van der Waals surface area contributed by atoms with Crippen LogP contribution in [0.5, 0.6) is 5.75 Å². The summed E-state index contributed by atoms with van der Waals surface area (Å²) in [6.07, 6.45) is 0.165. The third kappa shape index (κ3) is 3.45. The number of hydrogen-bond acceptors (Lipinski definition) is 6. The lowest BCUT2D eigenvalue weighted by molar-refractivity contribution is -0.119. The summed E-state index contributed by atoms with van der Waals surface area (Å²) < 4.78 is 10.9. The van der Waals surface area contributed by atoms with Crippen LogP contribution >= 0.6 is 0 Å². The molecule has 0 bridgehead atoms. The first-order chi connectivity index (χ1) is 12.6. The van der Waals surface area contributed by atoms with Crippen LogP contribution < -0.4 is 9.64 Å². The number of benzene rings is 1. The van der Waals surface area contributed by atoms with Crippen molar-refractivity contribution in [1.82, 2.24) is 10.1 Å². The Kier molecular flexibility index (Phi) is 4.65. The van der Waals surface area contributed by atoms with Crippen LogP contribution in [-0.2, 0) is 11.2 Å². The third-order valence-corrected chi connectivity index (χ3v) is 5.01. The summed E-state index contributed by atoms with van der Waals surface area (Å²) in [5, 5.41) is 14.3. The fraction of sp³-hybridized carbons (Fsp3) is 0.474. The minimum absolute atomic E-state index is 0.0316. The van der Waals surface area contributed by atoms with E-state index < -0.39 is 6.10 Å². The van der Waals surface area contributed by atoms with Gasteiger partial charge in [0.1, 0.15) is 18.1 Å². The minimum atomic E-state index is -0.467. The predicted octanol–water partition coefficient (Wildman–Crippen LogP) is 1.24. The van der Waals surface area contributed by atoms with Gasteiger partial charge in [-0.15, -0.1) is 0 Å². The van der Waals surface area contributed by atoms with Gasteiger partial charge in [-0.25, -0.2) is 0 Å². The van der Waals surface area contributed by atoms with Crippen LogP contribution in [0, 0.1) is 12.8 Å². The number of fused-ring (bicyclic) bond motifs is 1. The second-order valence-electron chi connectivity index (χ2n) is 7.02. The molecule has 1 saturated heterocycles. The molecule has 4 rings (SSSR count). The number of aliphatic hydroxyl groups is 1. The Morgan fingerprint density at radius 3 is 3.00 bits per heavy atom. The number of carbonyl (C=O) groups excluding carboxylic acids is 1. The molecule has 1 aromatic heterocycles. The molecular formula is C19H23N3O4. The number of ether oxygens (including phenoxy) is 1. The molecule has 0 saturated carbocycles. The highest BCUT2D eigenvalue weighted by atomic mass is 16.5. The number of amides is 1. The zero-order valence-electron chi connectivity index (χ0n) is 14.8. The van der Waals surface area contributed by atoms with Crippen LogP contribution in [0.25, 0.3) is 0 Å². The molecule has 1 aromatic carbocycles. The molecule has 2 atom stereocenters. The summed E-state index contributed by atoms with van der Waals surface area (Å²) >= 11 is 0. The van der Waals surface area contributed by atoms with Crippen molar-refractivity contribution in [3.8, 4) is 5.75 Å². The number of aryl methyl sites for hydroxylation is 1. The topological polar surface area (TPSA) is 79.0 Å². The Hall–Kier alpha value is -2.38. The summed E-state index contributed by atoms with van der Waals surface area (Å²) in [6, 6.07) is 9.48. The van der Waals surface area contributed by atoms with Crippen molar-refractivity contribution in [2.75, 3.05) is 37.7 Å². The smallest absolute Gasteiger partial charge is 0.241 e. The molecular weight excluding hydrogens is 334 g/mol. The number of hydrogen-bond donors (Lipinski definition) is 1. The van der Waals surface area contributed by atoms with Gasteiger partial charge in [0, 0.05) is 31.5 Å². The van der Waals surface area contributed by atoms with Gasteiger partial charge < -0.3 is 19.3 Å². The van der Waals surface area contributed by atoms with Crippen molar-refractivity contribution in [1.29, 1.82) is 0 Å². The molecule has 0 aliphatic carbocycles. The van der Waals surface area contributed by atoms with E-state index in [4.69, 9.17) is 9.26 Å². The first kappa shape index (κ1) is 17.1. The maximum atomic E-state index is 12.8. The molecule has 2 aliphatic rings. The first-order valence-corrected chi connectivity index (χ1v) is 8.95. The average molecular weight is 357 g/mol. The number of aliphatic hydroxyl groups excluding tert-OH is 1. The molecule has 1 amide bonds. The number of carbonyl (C=O) groups is 1. The number of β-amino-alcohol motifs (C(OH)–C–C–N with tert-alkyl or cyclic N) is 1. The maximum absolute atomic E-state index is 12.8. The predicted molar refractivity (Wildman–Crippen MR) is 95.2 cm³/mol. The van der Waals surface area contributed by atoms with E-state index in [1.807, 2.05) is 42.2 Å². The van der Waals surface area contributed by atoms with Crippen LogP contribution in [0.2, 0.25) is 0 Å². The van der Waals surface area contributed by atoms with E-state index in [-0.39, 0.29) is 18.4 Å². The standard InChI is InChI=1S/C19H23N3O4/c1-13-8-15(26-20-13)9-14-10-21(11-17(14)23)12-19(24)22-6-7-25-18-5-3-2-4-16(18)22/h2-5,8,14,17,23H,6-7,9-12H2,1H3/t14-,17-/m1/s1. The van der Waals surface area contributed by atoms with E-state index in [9.17, 15) is 9.90 Å². The van der Waals surface area contributed by atoms with Crippen molar-refractivity contribution in [2.45, 2.75) is 19.4 Å². The van der Waals surface area contributed by atoms with Crippen molar-refractivity contribution in [3.05, 3.63) is 41.8 Å². The van der Waals surface area contributed by atoms with E-state index in [0.29, 0.717) is 32.7 Å². The maximum Gasteiger partial charge on any atom is 0.241 e. The van der Waals surface area contributed by atoms with Crippen molar-refractivity contribution >= 4 is 11.6 Å². The zero-order valence-corrected chi connectivity index (χ0v) is 14.8. The number of aromatic nitrogens is 1. The van der Waals surface area contributed by atoms with Gasteiger partial charge in [-0.1, -0.05) is 17.3 Å². The van der Waals surface area contributed by atoms with Gasteiger partial charge in [0.15, 0.2) is 0 Å². The second kappa shape index (κ2) is 7.09. The van der Waals surface area contributed by atoms with Crippen LogP contribution in [0.1, 0.15) is 11.5 Å². The quantitative estimate of drug-likeness (QED) is 0.887. The third-order valence-electron chi connectivity index (χ3n) is 5.01. The molecule has 2 aliphatic heterocycles. The molecule has 3 heterocycles. The molecule has 7 nitrogen and oxygen atoms in total. The van der Waals surface area contributed by atoms with Gasteiger partial charge in [0.05, 0.1) is 30.6 Å². The number of likely N-dealkylation sites (tertiary alicyclic amines) is 1. The van der Waals surface area contributed by atoms with E-state index in [1.165, 1.54) is 0 Å². The number of rotatable bonds is 4. The summed E-state index contributed by atoms with van der Waals surface area (Å²) in [5.41, 5.74) is 1.66. The Morgan fingerprint density at radius 2 is 2.19 bits per heavy atom. The largest absolute Gasteiger partial charge is 0.490 e. The SMILES string of the molecule is Cc1cc(C[C@@H]2CN(CC(=O)N3CCOc4ccccc43)C[C@H]2O)on1. The van der Waals surface area contributed by atoms with Crippen LogP contribution in [-0.4, -0.2) is 60.0 Å². The van der Waals surface area contributed by atoms with Crippen molar-refractivity contribution < 1.29 is 19.2 Å². The molecule has 138 valence electrons. The average Bonchev–Trinajstić information content (AvgIpc) is 3.20. The molecule has 0 spiro atoms. The second-order valence-corrected chi connectivity index (χ2v) is 7.02. The highest BCUT2D eigenvalue weighted by Crippen LogP contribution is 2.31. The Bertz CT molecular complexity index is 791. The normalized spacial score (nSPS) is 22.9. The molecule has 26 heavy (non-hydrogen) atoms. The van der Waals surface area contributed by atoms with E-state index in [0.717, 1.165) is 22.9 Å². The van der Waals surface area contributed by atoms with Gasteiger partial charge in [-0.05, 0) is 19.1 Å². The summed E-state index contributed by atoms with van der Waals surface area (Å²) in [6.45, 7) is 4.38.